The van der Waals surface area contributed by atoms with Crippen molar-refractivity contribution >= 4 is 10.0 Å². The number of hydrogen-bond donors (Lipinski definition) is 0. The van der Waals surface area contributed by atoms with Crippen molar-refractivity contribution in [3.8, 4) is 0 Å². The molecule has 0 atom stereocenters. The van der Waals surface area contributed by atoms with Gasteiger partial charge in [0.25, 0.3) is 0 Å². The van der Waals surface area contributed by atoms with Crippen molar-refractivity contribution in [2.75, 3.05) is 13.1 Å². The predicted octanol–water partition coefficient (Wildman–Crippen LogP) is 2.31. The van der Waals surface area contributed by atoms with E-state index in [1.54, 1.807) is 0 Å². The second-order valence-electron chi connectivity index (χ2n) is 4.26. The maximum absolute atomic E-state index is 13.1. The number of piperidine rings is 1. The van der Waals surface area contributed by atoms with Gasteiger partial charge >= 0.3 is 0 Å². The van der Waals surface area contributed by atoms with Crippen LogP contribution in [0, 0.1) is 11.6 Å². The maximum atomic E-state index is 13.1. The monoisotopic (exact) mass is 273 g/mol. The molecule has 1 saturated heterocycles. The lowest BCUT2D eigenvalue weighted by Crippen LogP contribution is -2.36. The molecule has 0 saturated carbocycles. The van der Waals surface area contributed by atoms with Gasteiger partial charge in [-0.25, -0.2) is 17.2 Å². The van der Waals surface area contributed by atoms with Crippen LogP contribution in [0.1, 0.15) is 12.8 Å². The van der Waals surface area contributed by atoms with Gasteiger partial charge in [-0.1, -0.05) is 12.2 Å². The summed E-state index contributed by atoms with van der Waals surface area (Å²) in [5, 5.41) is 0. The van der Waals surface area contributed by atoms with Crippen LogP contribution in [0.2, 0.25) is 0 Å². The molecule has 0 radical (unpaired) electrons. The van der Waals surface area contributed by atoms with Crippen LogP contribution in [0.3, 0.4) is 0 Å². The van der Waals surface area contributed by atoms with Crippen molar-refractivity contribution in [1.82, 2.24) is 4.31 Å². The molecule has 3 nitrogen and oxygen atoms in total. The second-order valence-corrected chi connectivity index (χ2v) is 6.20. The summed E-state index contributed by atoms with van der Waals surface area (Å²) < 4.78 is 51.7. The van der Waals surface area contributed by atoms with Crippen LogP contribution >= 0.6 is 0 Å². The van der Waals surface area contributed by atoms with Gasteiger partial charge in [0.2, 0.25) is 10.0 Å². The van der Waals surface area contributed by atoms with Crippen molar-refractivity contribution in [2.24, 2.45) is 0 Å². The van der Waals surface area contributed by atoms with Crippen LogP contribution in [0.5, 0.6) is 0 Å². The average Bonchev–Trinajstić information content (AvgIpc) is 2.28. The Labute approximate surface area is 105 Å². The molecule has 1 fully saturated rings. The summed E-state index contributed by atoms with van der Waals surface area (Å²) in [6.45, 7) is 4.40. The fraction of sp³-hybridized carbons (Fsp3) is 0.333. The Hall–Kier alpha value is -1.27. The third-order valence-electron chi connectivity index (χ3n) is 2.90. The molecular formula is C12H13F2NO2S. The zero-order chi connectivity index (χ0) is 13.3. The Balaban J connectivity index is 2.33. The standard InChI is InChI=1S/C12H13F2NO2S/c1-9-2-4-15(5-3-9)18(16,17)12-7-10(13)6-11(14)8-12/h6-8H,1-5H2. The summed E-state index contributed by atoms with van der Waals surface area (Å²) in [6.07, 6.45) is 1.16. The van der Waals surface area contributed by atoms with Gasteiger partial charge in [0.1, 0.15) is 11.6 Å². The smallest absolute Gasteiger partial charge is 0.207 e. The highest BCUT2D eigenvalue weighted by Crippen LogP contribution is 2.23. The van der Waals surface area contributed by atoms with Crippen molar-refractivity contribution in [3.05, 3.63) is 42.0 Å². The van der Waals surface area contributed by atoms with Crippen LogP contribution in [-0.2, 0) is 10.0 Å². The zero-order valence-electron chi connectivity index (χ0n) is 9.70. The van der Waals surface area contributed by atoms with Crippen LogP contribution < -0.4 is 0 Å². The molecule has 0 bridgehead atoms. The highest BCUT2D eigenvalue weighted by Gasteiger charge is 2.27. The lowest BCUT2D eigenvalue weighted by molar-refractivity contribution is 0.386. The van der Waals surface area contributed by atoms with Crippen molar-refractivity contribution in [3.63, 3.8) is 0 Å². The van der Waals surface area contributed by atoms with Crippen LogP contribution in [0.25, 0.3) is 0 Å². The molecule has 1 aromatic carbocycles. The Morgan fingerprint density at radius 3 is 2.06 bits per heavy atom. The largest absolute Gasteiger partial charge is 0.243 e. The van der Waals surface area contributed by atoms with E-state index in [1.807, 2.05) is 0 Å². The summed E-state index contributed by atoms with van der Waals surface area (Å²) in [5.41, 5.74) is 0.992. The molecule has 2 rings (SSSR count). The number of nitrogens with zero attached hydrogens (tertiary/aromatic N) is 1. The number of benzene rings is 1. The van der Waals surface area contributed by atoms with Crippen molar-refractivity contribution in [1.29, 1.82) is 0 Å². The van der Waals surface area contributed by atoms with Gasteiger partial charge in [-0.05, 0) is 25.0 Å². The van der Waals surface area contributed by atoms with Gasteiger partial charge in [0.15, 0.2) is 0 Å². The topological polar surface area (TPSA) is 37.4 Å². The molecule has 6 heteroatoms. The molecule has 0 aromatic heterocycles. The van der Waals surface area contributed by atoms with E-state index in [4.69, 9.17) is 0 Å². The van der Waals surface area contributed by atoms with Gasteiger partial charge in [-0.3, -0.25) is 0 Å². The summed E-state index contributed by atoms with van der Waals surface area (Å²) >= 11 is 0. The minimum absolute atomic E-state index is 0.305. The maximum Gasteiger partial charge on any atom is 0.243 e. The van der Waals surface area contributed by atoms with Gasteiger partial charge < -0.3 is 0 Å². The summed E-state index contributed by atoms with van der Waals surface area (Å²) in [5.74, 6) is -1.79. The summed E-state index contributed by atoms with van der Waals surface area (Å²) in [7, 11) is -3.82. The molecule has 0 aliphatic carbocycles. The Kier molecular flexibility index (Phi) is 3.49. The first-order chi connectivity index (χ1) is 8.39. The normalized spacial score (nSPS) is 18.0. The van der Waals surface area contributed by atoms with Gasteiger partial charge in [-0.15, -0.1) is 0 Å². The fourth-order valence-electron chi connectivity index (χ4n) is 1.87. The third kappa shape index (κ3) is 2.59. The van der Waals surface area contributed by atoms with E-state index in [0.717, 1.165) is 17.7 Å². The molecule has 1 aliphatic rings. The fourth-order valence-corrected chi connectivity index (χ4v) is 3.35. The van der Waals surface area contributed by atoms with Crippen LogP contribution in [0.4, 0.5) is 8.78 Å². The average molecular weight is 273 g/mol. The van der Waals surface area contributed by atoms with Crippen molar-refractivity contribution < 1.29 is 17.2 Å². The molecule has 0 spiro atoms. The molecule has 0 unspecified atom stereocenters. The van der Waals surface area contributed by atoms with E-state index < -0.39 is 21.7 Å². The number of sulfonamides is 1. The predicted molar refractivity (Wildman–Crippen MR) is 63.5 cm³/mol. The summed E-state index contributed by atoms with van der Waals surface area (Å²) in [4.78, 5) is -0.340. The van der Waals surface area contributed by atoms with E-state index in [2.05, 4.69) is 6.58 Å². The van der Waals surface area contributed by atoms with E-state index >= 15 is 0 Å². The van der Waals surface area contributed by atoms with Crippen molar-refractivity contribution in [2.45, 2.75) is 17.7 Å². The second kappa shape index (κ2) is 4.78. The Morgan fingerprint density at radius 2 is 1.56 bits per heavy atom. The molecule has 98 valence electrons. The van der Waals surface area contributed by atoms with Crippen LogP contribution in [0.15, 0.2) is 35.2 Å². The first-order valence-corrected chi connectivity index (χ1v) is 6.96. The molecular weight excluding hydrogens is 260 g/mol. The number of hydrogen-bond acceptors (Lipinski definition) is 2. The van der Waals surface area contributed by atoms with Gasteiger partial charge in [0.05, 0.1) is 4.90 Å². The van der Waals surface area contributed by atoms with Gasteiger partial charge in [-0.2, -0.15) is 4.31 Å². The molecule has 1 heterocycles. The third-order valence-corrected chi connectivity index (χ3v) is 4.78. The minimum Gasteiger partial charge on any atom is -0.207 e. The highest BCUT2D eigenvalue weighted by atomic mass is 32.2. The Bertz CT molecular complexity index is 553. The lowest BCUT2D eigenvalue weighted by Gasteiger charge is -2.27. The molecule has 18 heavy (non-hydrogen) atoms. The molecule has 1 aliphatic heterocycles. The SMILES string of the molecule is C=C1CCN(S(=O)(=O)c2cc(F)cc(F)c2)CC1. The molecule has 0 amide bonds. The Morgan fingerprint density at radius 1 is 1.06 bits per heavy atom. The quantitative estimate of drug-likeness (QED) is 0.775. The molecule has 0 N–H and O–H groups in total. The molecule has 1 aromatic rings. The lowest BCUT2D eigenvalue weighted by atomic mass is 10.1. The minimum atomic E-state index is -3.82. The van der Waals surface area contributed by atoms with E-state index in [1.165, 1.54) is 4.31 Å². The van der Waals surface area contributed by atoms with Gasteiger partial charge in [0, 0.05) is 19.2 Å². The first-order valence-electron chi connectivity index (χ1n) is 5.52. The van der Waals surface area contributed by atoms with E-state index in [0.29, 0.717) is 32.0 Å². The zero-order valence-corrected chi connectivity index (χ0v) is 10.5. The highest BCUT2D eigenvalue weighted by molar-refractivity contribution is 7.89. The summed E-state index contributed by atoms with van der Waals surface area (Å²) in [6, 6.07) is 2.32. The van der Waals surface area contributed by atoms with Crippen LogP contribution in [-0.4, -0.2) is 25.8 Å². The van der Waals surface area contributed by atoms with E-state index in [9.17, 15) is 17.2 Å². The van der Waals surface area contributed by atoms with E-state index in [-0.39, 0.29) is 4.90 Å². The number of rotatable bonds is 2. The first kappa shape index (κ1) is 13.2. The number of halogens is 2.